The van der Waals surface area contributed by atoms with Gasteiger partial charge in [-0.05, 0) is 6.42 Å². The molecule has 0 spiro atoms. The molecular formula is C8H14N4O2S2. The van der Waals surface area contributed by atoms with Crippen molar-refractivity contribution in [2.75, 3.05) is 25.2 Å². The van der Waals surface area contributed by atoms with E-state index in [0.717, 1.165) is 17.8 Å². The van der Waals surface area contributed by atoms with Gasteiger partial charge in [-0.3, -0.25) is 9.53 Å². The molecule has 0 fully saturated rings. The highest BCUT2D eigenvalue weighted by atomic mass is 32.2. The Morgan fingerprint density at radius 2 is 2.19 bits per heavy atom. The van der Waals surface area contributed by atoms with Crippen molar-refractivity contribution in [3.8, 4) is 0 Å². The standard InChI is InChI=1S/C8H14N4O2S2/c1-4-5-16(14)8-11-10-6(15-8)9-7(13)12(2)3/h4-5H2,1-3H3,(H,9,10,13). The first kappa shape index (κ1) is 13.0. The fourth-order valence-electron chi connectivity index (χ4n) is 0.828. The van der Waals surface area contributed by atoms with Gasteiger partial charge in [0.05, 0.1) is 10.8 Å². The largest absolute Gasteiger partial charge is 0.331 e. The third-order valence-electron chi connectivity index (χ3n) is 1.61. The van der Waals surface area contributed by atoms with E-state index in [-0.39, 0.29) is 6.03 Å². The minimum atomic E-state index is -1.11. The Bertz CT molecular complexity index is 391. The van der Waals surface area contributed by atoms with Crippen LogP contribution in [0.4, 0.5) is 9.93 Å². The summed E-state index contributed by atoms with van der Waals surface area (Å²) in [6, 6.07) is -0.274. The summed E-state index contributed by atoms with van der Waals surface area (Å²) >= 11 is 1.15. The molecule has 0 aliphatic carbocycles. The second-order valence-electron chi connectivity index (χ2n) is 3.25. The van der Waals surface area contributed by atoms with Crippen molar-refractivity contribution in [1.29, 1.82) is 0 Å². The third-order valence-corrected chi connectivity index (χ3v) is 4.30. The third kappa shape index (κ3) is 3.53. The van der Waals surface area contributed by atoms with Crippen LogP contribution < -0.4 is 5.32 Å². The topological polar surface area (TPSA) is 75.2 Å². The molecule has 0 saturated heterocycles. The van der Waals surface area contributed by atoms with Gasteiger partial charge in [0.25, 0.3) is 0 Å². The number of anilines is 1. The highest BCUT2D eigenvalue weighted by Crippen LogP contribution is 2.19. The molecule has 0 aliphatic heterocycles. The van der Waals surface area contributed by atoms with E-state index in [4.69, 9.17) is 0 Å². The lowest BCUT2D eigenvalue weighted by Gasteiger charge is -2.08. The highest BCUT2D eigenvalue weighted by molar-refractivity contribution is 7.87. The summed E-state index contributed by atoms with van der Waals surface area (Å²) in [5, 5.41) is 10.5. The van der Waals surface area contributed by atoms with Crippen LogP contribution in [0.1, 0.15) is 13.3 Å². The number of aromatic nitrogens is 2. The Balaban J connectivity index is 2.65. The summed E-state index contributed by atoms with van der Waals surface area (Å²) in [7, 11) is 2.15. The molecular weight excluding hydrogens is 248 g/mol. The van der Waals surface area contributed by atoms with Crippen molar-refractivity contribution in [2.45, 2.75) is 17.7 Å². The average molecular weight is 262 g/mol. The molecule has 0 aromatic carbocycles. The smallest absolute Gasteiger partial charge is 0.323 e. The molecule has 0 aliphatic rings. The molecule has 0 saturated carbocycles. The molecule has 1 rings (SSSR count). The molecule has 16 heavy (non-hydrogen) atoms. The Labute approximate surface area is 101 Å². The molecule has 1 unspecified atom stereocenters. The Morgan fingerprint density at radius 1 is 1.50 bits per heavy atom. The van der Waals surface area contributed by atoms with E-state index in [2.05, 4.69) is 15.5 Å². The molecule has 8 heteroatoms. The van der Waals surface area contributed by atoms with Crippen molar-refractivity contribution in [2.24, 2.45) is 0 Å². The lowest BCUT2D eigenvalue weighted by molar-refractivity contribution is 0.230. The van der Waals surface area contributed by atoms with Crippen LogP contribution in [0.5, 0.6) is 0 Å². The summed E-state index contributed by atoms with van der Waals surface area (Å²) in [6.07, 6.45) is 0.825. The molecule has 1 aromatic heterocycles. The zero-order chi connectivity index (χ0) is 12.1. The average Bonchev–Trinajstić information content (AvgIpc) is 2.66. The van der Waals surface area contributed by atoms with E-state index >= 15 is 0 Å². The van der Waals surface area contributed by atoms with Crippen LogP contribution in [-0.4, -0.2) is 45.2 Å². The van der Waals surface area contributed by atoms with Crippen molar-refractivity contribution >= 4 is 33.3 Å². The molecule has 90 valence electrons. The molecule has 6 nitrogen and oxygen atoms in total. The lowest BCUT2D eigenvalue weighted by atomic mass is 10.6. The van der Waals surface area contributed by atoms with E-state index in [1.165, 1.54) is 4.90 Å². The van der Waals surface area contributed by atoms with Crippen LogP contribution >= 0.6 is 11.3 Å². The van der Waals surface area contributed by atoms with Gasteiger partial charge in [-0.2, -0.15) is 0 Å². The fourth-order valence-corrected chi connectivity index (χ4v) is 2.83. The van der Waals surface area contributed by atoms with Crippen molar-refractivity contribution in [3.05, 3.63) is 0 Å². The van der Waals surface area contributed by atoms with Gasteiger partial charge in [0.2, 0.25) is 9.47 Å². The van der Waals surface area contributed by atoms with Gasteiger partial charge in [0.1, 0.15) is 0 Å². The summed E-state index contributed by atoms with van der Waals surface area (Å²) in [4.78, 5) is 12.7. The maximum Gasteiger partial charge on any atom is 0.323 e. The minimum absolute atomic E-state index is 0.274. The van der Waals surface area contributed by atoms with Gasteiger partial charge in [-0.1, -0.05) is 18.3 Å². The lowest BCUT2D eigenvalue weighted by Crippen LogP contribution is -2.27. The number of urea groups is 1. The number of amides is 2. The first-order chi connectivity index (χ1) is 7.54. The number of carbonyl (C=O) groups is 1. The second kappa shape index (κ2) is 5.90. The van der Waals surface area contributed by atoms with Gasteiger partial charge in [-0.15, -0.1) is 10.2 Å². The van der Waals surface area contributed by atoms with Gasteiger partial charge >= 0.3 is 6.03 Å². The van der Waals surface area contributed by atoms with E-state index in [1.807, 2.05) is 6.92 Å². The van der Waals surface area contributed by atoms with Gasteiger partial charge in [-0.25, -0.2) is 4.79 Å². The maximum atomic E-state index is 11.6. The van der Waals surface area contributed by atoms with Crippen LogP contribution in [0.15, 0.2) is 4.34 Å². The number of hydrogen-bond donors (Lipinski definition) is 1. The highest BCUT2D eigenvalue weighted by Gasteiger charge is 2.12. The zero-order valence-corrected chi connectivity index (χ0v) is 11.0. The number of rotatable bonds is 4. The van der Waals surface area contributed by atoms with Crippen LogP contribution in [-0.2, 0) is 10.8 Å². The monoisotopic (exact) mass is 262 g/mol. The van der Waals surface area contributed by atoms with Crippen LogP contribution in [0.2, 0.25) is 0 Å². The SMILES string of the molecule is CCCS(=O)c1nnc(NC(=O)N(C)C)s1. The first-order valence-electron chi connectivity index (χ1n) is 4.74. The Hall–Kier alpha value is -1.02. The normalized spacial score (nSPS) is 12.2. The second-order valence-corrected chi connectivity index (χ2v) is 5.97. The molecule has 1 aromatic rings. The summed E-state index contributed by atoms with van der Waals surface area (Å²) in [5.74, 6) is 0.566. The molecule has 0 radical (unpaired) electrons. The van der Waals surface area contributed by atoms with Crippen LogP contribution in [0.3, 0.4) is 0 Å². The predicted molar refractivity (Wildman–Crippen MR) is 64.2 cm³/mol. The van der Waals surface area contributed by atoms with Crippen molar-refractivity contribution < 1.29 is 9.00 Å². The van der Waals surface area contributed by atoms with E-state index in [0.29, 0.717) is 15.2 Å². The predicted octanol–water partition coefficient (Wildman–Crippen LogP) is 1.15. The Morgan fingerprint density at radius 3 is 2.75 bits per heavy atom. The summed E-state index contributed by atoms with van der Waals surface area (Å²) in [6.45, 7) is 1.95. The number of nitrogens with one attached hydrogen (secondary N) is 1. The maximum absolute atomic E-state index is 11.6. The molecule has 2 amide bonds. The van der Waals surface area contributed by atoms with Gasteiger partial charge < -0.3 is 4.90 Å². The minimum Gasteiger partial charge on any atom is -0.331 e. The van der Waals surface area contributed by atoms with Crippen LogP contribution in [0, 0.1) is 0 Å². The van der Waals surface area contributed by atoms with E-state index in [1.54, 1.807) is 14.1 Å². The number of nitrogens with zero attached hydrogens (tertiary/aromatic N) is 3. The molecule has 0 bridgehead atoms. The first-order valence-corrected chi connectivity index (χ1v) is 6.88. The van der Waals surface area contributed by atoms with Crippen molar-refractivity contribution in [3.63, 3.8) is 0 Å². The number of hydrogen-bond acceptors (Lipinski definition) is 5. The molecule has 1 heterocycles. The quantitative estimate of drug-likeness (QED) is 0.826. The van der Waals surface area contributed by atoms with Gasteiger partial charge in [0.15, 0.2) is 0 Å². The van der Waals surface area contributed by atoms with E-state index in [9.17, 15) is 9.00 Å². The summed E-state index contributed by atoms with van der Waals surface area (Å²) < 4.78 is 12.0. The molecule has 1 N–H and O–H groups in total. The fraction of sp³-hybridized carbons (Fsp3) is 0.625. The Kier molecular flexibility index (Phi) is 4.81. The zero-order valence-electron chi connectivity index (χ0n) is 9.39. The number of carbonyl (C=O) groups excluding carboxylic acids is 1. The van der Waals surface area contributed by atoms with Gasteiger partial charge in [0, 0.05) is 19.8 Å². The van der Waals surface area contributed by atoms with Crippen LogP contribution in [0.25, 0.3) is 0 Å². The van der Waals surface area contributed by atoms with Crippen molar-refractivity contribution in [1.82, 2.24) is 15.1 Å². The summed E-state index contributed by atoms with van der Waals surface area (Å²) in [5.41, 5.74) is 0. The molecule has 1 atom stereocenters. The van der Waals surface area contributed by atoms with E-state index < -0.39 is 10.8 Å².